The molecule has 0 atom stereocenters. The number of hydrogen-bond donors (Lipinski definition) is 0. The number of hydrogen-bond acceptors (Lipinski definition) is 2. The maximum Gasteiger partial charge on any atom is 0.235 e. The van der Waals surface area contributed by atoms with Gasteiger partial charge in [-0.1, -0.05) is 127 Å². The van der Waals surface area contributed by atoms with Gasteiger partial charge < -0.3 is 8.97 Å². The molecule has 0 N–H and O–H groups in total. The van der Waals surface area contributed by atoms with Crippen LogP contribution in [0.15, 0.2) is 188 Å². The van der Waals surface area contributed by atoms with Gasteiger partial charge in [-0.25, -0.2) is 9.97 Å². The summed E-state index contributed by atoms with van der Waals surface area (Å²) in [6.07, 6.45) is 0. The van der Waals surface area contributed by atoms with Crippen LogP contribution >= 0.6 is 0 Å². The van der Waals surface area contributed by atoms with Crippen LogP contribution in [0, 0.1) is 0 Å². The van der Waals surface area contributed by atoms with Crippen LogP contribution in [0.1, 0.15) is 0 Å². The van der Waals surface area contributed by atoms with E-state index in [1.54, 1.807) is 0 Å². The molecule has 0 saturated heterocycles. The summed E-state index contributed by atoms with van der Waals surface area (Å²) >= 11 is 0. The van der Waals surface area contributed by atoms with Crippen LogP contribution in [0.5, 0.6) is 0 Å². The van der Waals surface area contributed by atoms with Gasteiger partial charge in [0.2, 0.25) is 5.95 Å². The zero-order chi connectivity index (χ0) is 38.3. The van der Waals surface area contributed by atoms with Gasteiger partial charge in [0, 0.05) is 59.7 Å². The molecular formula is C54H31N5. The zero-order valence-corrected chi connectivity index (χ0v) is 31.6. The first-order chi connectivity index (χ1) is 29.3. The van der Waals surface area contributed by atoms with E-state index in [1.165, 1.54) is 70.4 Å². The van der Waals surface area contributed by atoms with E-state index in [0.717, 1.165) is 49.9 Å². The minimum atomic E-state index is 0.652. The predicted molar refractivity (Wildman–Crippen MR) is 246 cm³/mol. The van der Waals surface area contributed by atoms with E-state index in [4.69, 9.17) is 9.97 Å². The van der Waals surface area contributed by atoms with Crippen LogP contribution in [0.4, 0.5) is 0 Å². The van der Waals surface area contributed by atoms with Crippen molar-refractivity contribution in [3.63, 3.8) is 0 Å². The molecule has 0 saturated carbocycles. The summed E-state index contributed by atoms with van der Waals surface area (Å²) in [6, 6.07) is 68.0. The summed E-state index contributed by atoms with van der Waals surface area (Å²) in [6.45, 7) is 0. The van der Waals surface area contributed by atoms with E-state index >= 15 is 0 Å². The lowest BCUT2D eigenvalue weighted by Gasteiger charge is -2.13. The highest BCUT2D eigenvalue weighted by molar-refractivity contribution is 6.36. The summed E-state index contributed by atoms with van der Waals surface area (Å²) in [5, 5.41) is 13.2. The van der Waals surface area contributed by atoms with Crippen LogP contribution in [0.2, 0.25) is 0 Å². The normalized spacial score (nSPS) is 12.4. The summed E-state index contributed by atoms with van der Waals surface area (Å²) in [4.78, 5) is 11.2. The zero-order valence-electron chi connectivity index (χ0n) is 31.6. The van der Waals surface area contributed by atoms with Crippen molar-refractivity contribution in [1.29, 1.82) is 0 Å². The molecule has 0 spiro atoms. The first-order valence-corrected chi connectivity index (χ1v) is 20.2. The minimum Gasteiger partial charge on any atom is -0.309 e. The predicted octanol–water partition coefficient (Wildman–Crippen LogP) is 13.8. The van der Waals surface area contributed by atoms with Crippen molar-refractivity contribution in [2.75, 3.05) is 0 Å². The highest BCUT2D eigenvalue weighted by Crippen LogP contribution is 2.48. The van der Waals surface area contributed by atoms with Gasteiger partial charge in [-0.2, -0.15) is 0 Å². The molecule has 0 fully saturated rings. The second kappa shape index (κ2) is 11.3. The third-order valence-electron chi connectivity index (χ3n) is 12.7. The summed E-state index contributed by atoms with van der Waals surface area (Å²) < 4.78 is 7.18. The molecule has 0 amide bonds. The Hall–Kier alpha value is -8.02. The molecule has 14 aromatic rings. The fourth-order valence-electron chi connectivity index (χ4n) is 10.4. The Labute approximate surface area is 336 Å². The van der Waals surface area contributed by atoms with Crippen molar-refractivity contribution >= 4 is 103 Å². The Morgan fingerprint density at radius 1 is 0.339 bits per heavy atom. The van der Waals surface area contributed by atoms with Crippen LogP contribution in [-0.4, -0.2) is 23.5 Å². The lowest BCUT2D eigenvalue weighted by molar-refractivity contribution is 1.02. The number of benzene rings is 9. The standard InChI is InChI=1S/C54H31N5/c1-2-17-34(18-3-1)57-44-26-12-8-21-37(44)49-39(23-14-28-46(49)57)52-36-20-6-10-24-42(36)55-54(56-52)59-47-30-33-16-5-4-15-32(33)29-41(47)50-48(59)31-40-35-19-7-11-25-43(35)58-45-27-13-9-22-38(45)51(50)53(40)58/h1-31H. The molecule has 272 valence electrons. The van der Waals surface area contributed by atoms with Crippen LogP contribution in [-0.2, 0) is 0 Å². The molecule has 5 nitrogen and oxygen atoms in total. The summed E-state index contributed by atoms with van der Waals surface area (Å²) in [5.74, 6) is 0.652. The molecule has 5 aromatic heterocycles. The first-order valence-electron chi connectivity index (χ1n) is 20.2. The van der Waals surface area contributed by atoms with Gasteiger partial charge in [-0.15, -0.1) is 0 Å². The number of rotatable bonds is 3. The smallest absolute Gasteiger partial charge is 0.235 e. The van der Waals surface area contributed by atoms with Crippen molar-refractivity contribution in [2.45, 2.75) is 0 Å². The largest absolute Gasteiger partial charge is 0.309 e. The molecule has 5 heterocycles. The fourth-order valence-corrected chi connectivity index (χ4v) is 10.4. The van der Waals surface area contributed by atoms with E-state index in [-0.39, 0.29) is 0 Å². The third kappa shape index (κ3) is 4.03. The quantitative estimate of drug-likeness (QED) is 0.180. The lowest BCUT2D eigenvalue weighted by atomic mass is 10.0. The Bertz CT molecular complexity index is 4070. The van der Waals surface area contributed by atoms with Gasteiger partial charge in [-0.05, 0) is 71.4 Å². The average Bonchev–Trinajstić information content (AvgIpc) is 4.02. The number of fused-ring (bicyclic) bond motifs is 15. The Kier molecular flexibility index (Phi) is 5.96. The van der Waals surface area contributed by atoms with Crippen LogP contribution in [0.3, 0.4) is 0 Å². The SMILES string of the molecule is c1ccc(-n2c3ccccc3c3c(-c4nc(-n5c6cc7ccccc7cc6c6c7c8ccccc8n8c9ccccc9c(cc65)c78)nc5ccccc45)cccc32)cc1. The average molecular weight is 750 g/mol. The minimum absolute atomic E-state index is 0.652. The van der Waals surface area contributed by atoms with E-state index in [2.05, 4.69) is 202 Å². The highest BCUT2D eigenvalue weighted by atomic mass is 15.2. The van der Waals surface area contributed by atoms with E-state index < -0.39 is 0 Å². The Morgan fingerprint density at radius 3 is 1.78 bits per heavy atom. The van der Waals surface area contributed by atoms with Crippen molar-refractivity contribution in [3.05, 3.63) is 188 Å². The van der Waals surface area contributed by atoms with Crippen molar-refractivity contribution < 1.29 is 0 Å². The van der Waals surface area contributed by atoms with Gasteiger partial charge >= 0.3 is 0 Å². The molecular weight excluding hydrogens is 719 g/mol. The molecule has 14 rings (SSSR count). The molecule has 0 aliphatic heterocycles. The second-order valence-corrected chi connectivity index (χ2v) is 15.7. The second-order valence-electron chi connectivity index (χ2n) is 15.7. The number of nitrogens with zero attached hydrogens (tertiary/aromatic N) is 5. The maximum absolute atomic E-state index is 5.71. The monoisotopic (exact) mass is 749 g/mol. The maximum atomic E-state index is 5.71. The molecule has 0 bridgehead atoms. The molecule has 9 aromatic carbocycles. The number of para-hydroxylation sites is 5. The molecule has 5 heteroatoms. The topological polar surface area (TPSA) is 40.0 Å². The van der Waals surface area contributed by atoms with Gasteiger partial charge in [0.1, 0.15) is 0 Å². The van der Waals surface area contributed by atoms with Crippen molar-refractivity contribution in [3.8, 4) is 22.9 Å². The fraction of sp³-hybridized carbons (Fsp3) is 0. The van der Waals surface area contributed by atoms with Gasteiger partial charge in [0.15, 0.2) is 0 Å². The highest BCUT2D eigenvalue weighted by Gasteiger charge is 2.26. The van der Waals surface area contributed by atoms with Gasteiger partial charge in [-0.3, -0.25) is 4.57 Å². The van der Waals surface area contributed by atoms with Crippen molar-refractivity contribution in [2.24, 2.45) is 0 Å². The van der Waals surface area contributed by atoms with Crippen LogP contribution < -0.4 is 0 Å². The molecule has 0 aliphatic carbocycles. The van der Waals surface area contributed by atoms with Gasteiger partial charge in [0.25, 0.3) is 0 Å². The first kappa shape index (κ1) is 31.1. The van der Waals surface area contributed by atoms with E-state index in [1.807, 2.05) is 0 Å². The molecule has 0 radical (unpaired) electrons. The van der Waals surface area contributed by atoms with Crippen molar-refractivity contribution in [1.82, 2.24) is 23.5 Å². The molecule has 0 aliphatic rings. The van der Waals surface area contributed by atoms with E-state index in [9.17, 15) is 0 Å². The number of aromatic nitrogens is 5. The Balaban J connectivity index is 1.17. The van der Waals surface area contributed by atoms with Gasteiger partial charge in [0.05, 0.1) is 49.8 Å². The van der Waals surface area contributed by atoms with E-state index in [0.29, 0.717) is 5.95 Å². The third-order valence-corrected chi connectivity index (χ3v) is 12.7. The summed E-state index contributed by atoms with van der Waals surface area (Å²) in [5.41, 5.74) is 12.2. The Morgan fingerprint density at radius 2 is 0.966 bits per heavy atom. The molecule has 0 unspecified atom stereocenters. The molecule has 59 heavy (non-hydrogen) atoms. The summed E-state index contributed by atoms with van der Waals surface area (Å²) in [7, 11) is 0. The van der Waals surface area contributed by atoms with Crippen LogP contribution in [0.25, 0.3) is 126 Å². The lowest BCUT2D eigenvalue weighted by Crippen LogP contribution is -2.03.